The summed E-state index contributed by atoms with van der Waals surface area (Å²) in [4.78, 5) is 2.39. The Labute approximate surface area is 123 Å². The molecule has 1 heterocycles. The highest BCUT2D eigenvalue weighted by Gasteiger charge is 2.12. The van der Waals surface area contributed by atoms with Gasteiger partial charge >= 0.3 is 0 Å². The van der Waals surface area contributed by atoms with Crippen molar-refractivity contribution in [2.45, 2.75) is 0 Å². The van der Waals surface area contributed by atoms with Crippen molar-refractivity contribution in [1.82, 2.24) is 4.90 Å². The zero-order valence-corrected chi connectivity index (χ0v) is 12.9. The molecule has 18 heavy (non-hydrogen) atoms. The maximum atomic E-state index is 5.49. The third-order valence-corrected chi connectivity index (χ3v) is 5.10. The van der Waals surface area contributed by atoms with Crippen LogP contribution in [0.25, 0.3) is 5.57 Å². The third kappa shape index (κ3) is 3.77. The average Bonchev–Trinajstić information content (AvgIpc) is 2.46. The molecule has 0 unspecified atom stereocenters. The lowest BCUT2D eigenvalue weighted by molar-refractivity contribution is 0.419. The molecule has 0 saturated carbocycles. The minimum absolute atomic E-state index is 0.972. The fraction of sp³-hybridized carbons (Fsp3) is 0.357. The van der Waals surface area contributed by atoms with Crippen molar-refractivity contribution >= 4 is 45.5 Å². The van der Waals surface area contributed by atoms with Crippen LogP contribution in [0.1, 0.15) is 5.56 Å². The van der Waals surface area contributed by atoms with Gasteiger partial charge in [-0.15, -0.1) is 11.8 Å². The van der Waals surface area contributed by atoms with Crippen LogP contribution in [-0.4, -0.2) is 39.9 Å². The topological polar surface area (TPSA) is 3.24 Å². The van der Waals surface area contributed by atoms with Gasteiger partial charge in [-0.25, -0.2) is 0 Å². The van der Waals surface area contributed by atoms with Crippen LogP contribution in [0.4, 0.5) is 0 Å². The van der Waals surface area contributed by atoms with Gasteiger partial charge in [0.15, 0.2) is 0 Å². The molecule has 0 amide bonds. The molecule has 0 N–H and O–H groups in total. The van der Waals surface area contributed by atoms with Gasteiger partial charge < -0.3 is 4.90 Å². The third-order valence-electron chi connectivity index (χ3n) is 2.85. The van der Waals surface area contributed by atoms with E-state index in [-0.39, 0.29) is 0 Å². The summed E-state index contributed by atoms with van der Waals surface area (Å²) in [5, 5.41) is 0. The summed E-state index contributed by atoms with van der Waals surface area (Å²) in [5.74, 6) is 2.43. The molecule has 0 radical (unpaired) electrons. The first-order valence-electron chi connectivity index (χ1n) is 5.98. The number of hydrogen-bond acceptors (Lipinski definition) is 4. The van der Waals surface area contributed by atoms with Crippen LogP contribution < -0.4 is 0 Å². The highest BCUT2D eigenvalue weighted by atomic mass is 32.2. The first-order valence-corrected chi connectivity index (χ1v) is 8.77. The Kier molecular flexibility index (Phi) is 5.60. The van der Waals surface area contributed by atoms with Crippen LogP contribution in [-0.2, 0) is 0 Å². The quantitative estimate of drug-likeness (QED) is 0.616. The molecule has 1 aliphatic heterocycles. The van der Waals surface area contributed by atoms with Crippen LogP contribution in [0, 0.1) is 0 Å². The summed E-state index contributed by atoms with van der Waals surface area (Å²) in [6, 6.07) is 10.4. The summed E-state index contributed by atoms with van der Waals surface area (Å²) >= 11 is 9.16. The average molecular weight is 295 g/mol. The number of hydrogen-bond donors (Lipinski definition) is 0. The fourth-order valence-electron chi connectivity index (χ4n) is 1.86. The number of nitrogens with zero attached hydrogens (tertiary/aromatic N) is 1. The molecule has 1 aromatic carbocycles. The zero-order valence-electron chi connectivity index (χ0n) is 10.5. The fourth-order valence-corrected chi connectivity index (χ4v) is 3.35. The molecule has 0 aromatic heterocycles. The summed E-state index contributed by atoms with van der Waals surface area (Å²) < 4.78 is 0.972. The van der Waals surface area contributed by atoms with Gasteiger partial charge in [-0.05, 0) is 11.8 Å². The molecule has 1 saturated heterocycles. The number of rotatable bonds is 3. The van der Waals surface area contributed by atoms with Crippen LogP contribution >= 0.6 is 35.7 Å². The maximum Gasteiger partial charge on any atom is 0.0796 e. The van der Waals surface area contributed by atoms with E-state index in [0.717, 1.165) is 17.3 Å². The molecule has 0 aliphatic carbocycles. The van der Waals surface area contributed by atoms with Gasteiger partial charge in [-0.2, -0.15) is 11.8 Å². The van der Waals surface area contributed by atoms with Gasteiger partial charge in [0.25, 0.3) is 0 Å². The monoisotopic (exact) mass is 295 g/mol. The molecule has 0 spiro atoms. The van der Waals surface area contributed by atoms with E-state index >= 15 is 0 Å². The number of thioether (sulfide) groups is 2. The molecule has 4 heteroatoms. The van der Waals surface area contributed by atoms with Crippen molar-refractivity contribution in [2.24, 2.45) is 0 Å². The second-order valence-electron chi connectivity index (χ2n) is 4.05. The lowest BCUT2D eigenvalue weighted by atomic mass is 10.1. The van der Waals surface area contributed by atoms with E-state index in [4.69, 9.17) is 12.2 Å². The smallest absolute Gasteiger partial charge is 0.0796 e. The van der Waals surface area contributed by atoms with Crippen LogP contribution in [0.3, 0.4) is 0 Å². The molecule has 1 nitrogen and oxygen atoms in total. The molecule has 2 rings (SSSR count). The summed E-state index contributed by atoms with van der Waals surface area (Å²) in [7, 11) is 0. The Hall–Kier alpha value is -0.450. The standard InChI is InChI=1S/C14H17NS3/c1-17-14(16)13(12-5-3-2-4-6-12)11-15-7-9-18-10-8-15/h2-6,11H,7-10H2,1H3/b13-11+. The largest absolute Gasteiger partial charge is 0.375 e. The first kappa shape index (κ1) is 14.0. The van der Waals surface area contributed by atoms with E-state index < -0.39 is 0 Å². The van der Waals surface area contributed by atoms with Crippen molar-refractivity contribution in [2.75, 3.05) is 30.9 Å². The van der Waals surface area contributed by atoms with Crippen LogP contribution in [0.15, 0.2) is 36.5 Å². The Balaban J connectivity index is 2.24. The van der Waals surface area contributed by atoms with Gasteiger partial charge in [0.2, 0.25) is 0 Å². The SMILES string of the molecule is CSC(=S)/C(=C/N1CCSCC1)c1ccccc1. The van der Waals surface area contributed by atoms with Gasteiger partial charge in [-0.3, -0.25) is 0 Å². The van der Waals surface area contributed by atoms with Gasteiger partial charge in [0.1, 0.15) is 0 Å². The minimum atomic E-state index is 0.972. The summed E-state index contributed by atoms with van der Waals surface area (Å²) in [6.45, 7) is 2.25. The predicted octanol–water partition coefficient (Wildman–Crippen LogP) is 3.77. The highest BCUT2D eigenvalue weighted by molar-refractivity contribution is 8.24. The summed E-state index contributed by atoms with van der Waals surface area (Å²) in [5.41, 5.74) is 2.40. The van der Waals surface area contributed by atoms with E-state index in [1.165, 1.54) is 22.6 Å². The Bertz CT molecular complexity index is 422. The molecule has 0 bridgehead atoms. The number of benzene rings is 1. The van der Waals surface area contributed by atoms with Gasteiger partial charge in [-0.1, -0.05) is 42.5 Å². The van der Waals surface area contributed by atoms with Crippen molar-refractivity contribution in [3.05, 3.63) is 42.1 Å². The van der Waals surface area contributed by atoms with Gasteiger partial charge in [0, 0.05) is 36.4 Å². The Morgan fingerprint density at radius 2 is 1.94 bits per heavy atom. The van der Waals surface area contributed by atoms with Crippen molar-refractivity contribution in [1.29, 1.82) is 0 Å². The second-order valence-corrected chi connectivity index (χ2v) is 6.76. The van der Waals surface area contributed by atoms with Crippen LogP contribution in [0.5, 0.6) is 0 Å². The second kappa shape index (κ2) is 7.22. The first-order chi connectivity index (χ1) is 8.81. The number of thiocarbonyl (C=S) groups is 1. The van der Waals surface area contributed by atoms with Crippen molar-refractivity contribution < 1.29 is 0 Å². The molecule has 1 aliphatic rings. The highest BCUT2D eigenvalue weighted by Crippen LogP contribution is 2.23. The van der Waals surface area contributed by atoms with E-state index in [1.807, 2.05) is 24.1 Å². The Morgan fingerprint density at radius 1 is 1.28 bits per heavy atom. The predicted molar refractivity (Wildman–Crippen MR) is 89.4 cm³/mol. The van der Waals surface area contributed by atoms with E-state index in [9.17, 15) is 0 Å². The maximum absolute atomic E-state index is 5.49. The van der Waals surface area contributed by atoms with Crippen molar-refractivity contribution in [3.63, 3.8) is 0 Å². The molecule has 1 fully saturated rings. The van der Waals surface area contributed by atoms with E-state index in [0.29, 0.717) is 0 Å². The minimum Gasteiger partial charge on any atom is -0.375 e. The molecular weight excluding hydrogens is 278 g/mol. The lowest BCUT2D eigenvalue weighted by Crippen LogP contribution is -2.28. The normalized spacial score (nSPS) is 16.7. The Morgan fingerprint density at radius 3 is 2.56 bits per heavy atom. The van der Waals surface area contributed by atoms with E-state index in [1.54, 1.807) is 11.8 Å². The van der Waals surface area contributed by atoms with Crippen LogP contribution in [0.2, 0.25) is 0 Å². The lowest BCUT2D eigenvalue weighted by Gasteiger charge is -2.26. The summed E-state index contributed by atoms with van der Waals surface area (Å²) in [6.07, 6.45) is 4.29. The molecule has 1 aromatic rings. The van der Waals surface area contributed by atoms with E-state index in [2.05, 4.69) is 35.4 Å². The van der Waals surface area contributed by atoms with Gasteiger partial charge in [0.05, 0.1) is 4.20 Å². The zero-order chi connectivity index (χ0) is 12.8. The van der Waals surface area contributed by atoms with Crippen molar-refractivity contribution in [3.8, 4) is 0 Å². The molecule has 96 valence electrons. The molecule has 0 atom stereocenters. The molecular formula is C14H17NS3.